The summed E-state index contributed by atoms with van der Waals surface area (Å²) in [5.74, 6) is 0.854. The van der Waals surface area contributed by atoms with Gasteiger partial charge in [0.15, 0.2) is 5.11 Å². The van der Waals surface area contributed by atoms with Crippen molar-refractivity contribution >= 4 is 44.6 Å². The number of anilines is 2. The number of benzene rings is 2. The highest BCUT2D eigenvalue weighted by Crippen LogP contribution is 2.25. The van der Waals surface area contributed by atoms with E-state index in [9.17, 15) is 0 Å². The molecule has 1 saturated heterocycles. The maximum atomic E-state index is 5.49. The third-order valence-electron chi connectivity index (χ3n) is 5.31. The van der Waals surface area contributed by atoms with Crippen molar-refractivity contribution in [1.82, 2.24) is 5.32 Å². The average Bonchev–Trinajstić information content (AvgIpc) is 2.65. The number of piperidine rings is 1. The fraction of sp³-hybridized carbons (Fsp3) is 0.409. The first-order chi connectivity index (χ1) is 12.9. The van der Waals surface area contributed by atoms with E-state index >= 15 is 0 Å². The molecule has 0 spiro atoms. The molecule has 0 amide bonds. The van der Waals surface area contributed by atoms with Gasteiger partial charge >= 0.3 is 0 Å². The highest BCUT2D eigenvalue weighted by atomic mass is 79.9. The predicted octanol–water partition coefficient (Wildman–Crippen LogP) is 6.04. The minimum atomic E-state index is 0.150. The fourth-order valence-corrected chi connectivity index (χ4v) is 3.95. The van der Waals surface area contributed by atoms with Crippen LogP contribution < -0.4 is 15.5 Å². The van der Waals surface area contributed by atoms with Crippen molar-refractivity contribution in [2.24, 2.45) is 5.92 Å². The molecule has 0 bridgehead atoms. The van der Waals surface area contributed by atoms with Crippen LogP contribution in [0.1, 0.15) is 43.9 Å². The Kier molecular flexibility index (Phi) is 6.77. The Morgan fingerprint density at radius 2 is 1.81 bits per heavy atom. The third kappa shape index (κ3) is 5.45. The Bertz CT molecular complexity index is 783. The van der Waals surface area contributed by atoms with E-state index in [1.54, 1.807) is 0 Å². The predicted molar refractivity (Wildman–Crippen MR) is 124 cm³/mol. The minimum absolute atomic E-state index is 0.150. The van der Waals surface area contributed by atoms with Crippen LogP contribution in [0, 0.1) is 12.8 Å². The van der Waals surface area contributed by atoms with Gasteiger partial charge in [0.2, 0.25) is 0 Å². The first-order valence-electron chi connectivity index (χ1n) is 9.61. The van der Waals surface area contributed by atoms with Crippen molar-refractivity contribution in [2.75, 3.05) is 23.3 Å². The van der Waals surface area contributed by atoms with Crippen LogP contribution in [0.25, 0.3) is 0 Å². The molecule has 1 heterocycles. The van der Waals surface area contributed by atoms with Crippen molar-refractivity contribution in [1.29, 1.82) is 0 Å². The Morgan fingerprint density at radius 3 is 2.44 bits per heavy atom. The normalized spacial score (nSPS) is 16.1. The summed E-state index contributed by atoms with van der Waals surface area (Å²) < 4.78 is 1.10. The molecule has 2 aromatic carbocycles. The van der Waals surface area contributed by atoms with Gasteiger partial charge in [-0.05, 0) is 86.3 Å². The van der Waals surface area contributed by atoms with E-state index < -0.39 is 0 Å². The first-order valence-corrected chi connectivity index (χ1v) is 10.8. The summed E-state index contributed by atoms with van der Waals surface area (Å²) in [5.41, 5.74) is 4.73. The molecule has 0 radical (unpaired) electrons. The molecule has 3 nitrogen and oxygen atoms in total. The van der Waals surface area contributed by atoms with Crippen LogP contribution in [0.3, 0.4) is 0 Å². The molecule has 1 aliphatic heterocycles. The van der Waals surface area contributed by atoms with Gasteiger partial charge in [-0.3, -0.25) is 0 Å². The minimum Gasteiger partial charge on any atom is -0.372 e. The van der Waals surface area contributed by atoms with E-state index in [1.165, 1.54) is 29.7 Å². The zero-order chi connectivity index (χ0) is 19.4. The van der Waals surface area contributed by atoms with Crippen molar-refractivity contribution in [3.8, 4) is 0 Å². The van der Waals surface area contributed by atoms with Gasteiger partial charge in [0.05, 0.1) is 6.04 Å². The van der Waals surface area contributed by atoms with Gasteiger partial charge < -0.3 is 15.5 Å². The molecule has 0 aliphatic carbocycles. The summed E-state index contributed by atoms with van der Waals surface area (Å²) in [4.78, 5) is 2.49. The lowest BCUT2D eigenvalue weighted by atomic mass is 9.98. The van der Waals surface area contributed by atoms with Crippen LogP contribution >= 0.6 is 28.1 Å². The lowest BCUT2D eigenvalue weighted by Gasteiger charge is -2.32. The van der Waals surface area contributed by atoms with Crippen LogP contribution in [0.2, 0.25) is 0 Å². The van der Waals surface area contributed by atoms with Gasteiger partial charge in [-0.2, -0.15) is 0 Å². The van der Waals surface area contributed by atoms with Gasteiger partial charge in [0.1, 0.15) is 0 Å². The fourth-order valence-electron chi connectivity index (χ4n) is 3.41. The largest absolute Gasteiger partial charge is 0.372 e. The molecule has 1 aliphatic rings. The number of hydrogen-bond donors (Lipinski definition) is 2. The van der Waals surface area contributed by atoms with Crippen molar-refractivity contribution in [2.45, 2.75) is 39.7 Å². The second-order valence-electron chi connectivity index (χ2n) is 7.55. The quantitative estimate of drug-likeness (QED) is 0.560. The SMILES string of the molecule is Cc1cc(NC(=S)NC(C)c2ccc(N3CCC(C)CC3)cc2)ccc1Br. The second-order valence-corrected chi connectivity index (χ2v) is 8.81. The number of halogens is 1. The van der Waals surface area contributed by atoms with E-state index in [-0.39, 0.29) is 6.04 Å². The van der Waals surface area contributed by atoms with Gasteiger partial charge in [0.25, 0.3) is 0 Å². The Labute approximate surface area is 176 Å². The van der Waals surface area contributed by atoms with Gasteiger partial charge in [0, 0.05) is 28.9 Å². The number of aryl methyl sites for hydroxylation is 1. The Balaban J connectivity index is 1.56. The van der Waals surface area contributed by atoms with Crippen molar-refractivity contribution in [3.63, 3.8) is 0 Å². The molecule has 2 N–H and O–H groups in total. The summed E-state index contributed by atoms with van der Waals surface area (Å²) in [6, 6.07) is 15.2. The lowest BCUT2D eigenvalue weighted by Crippen LogP contribution is -2.33. The maximum Gasteiger partial charge on any atom is 0.171 e. The summed E-state index contributed by atoms with van der Waals surface area (Å²) in [6.07, 6.45) is 2.57. The van der Waals surface area contributed by atoms with Crippen LogP contribution in [-0.4, -0.2) is 18.2 Å². The van der Waals surface area contributed by atoms with E-state index in [4.69, 9.17) is 12.2 Å². The molecule has 0 saturated carbocycles. The van der Waals surface area contributed by atoms with E-state index in [1.807, 2.05) is 12.1 Å². The first kappa shape index (κ1) is 20.2. The molecule has 0 aromatic heterocycles. The number of hydrogen-bond acceptors (Lipinski definition) is 2. The van der Waals surface area contributed by atoms with Gasteiger partial charge in [-0.15, -0.1) is 0 Å². The second kappa shape index (κ2) is 9.07. The Hall–Kier alpha value is -1.59. The highest BCUT2D eigenvalue weighted by molar-refractivity contribution is 9.10. The monoisotopic (exact) mass is 445 g/mol. The van der Waals surface area contributed by atoms with Gasteiger partial charge in [-0.1, -0.05) is 35.0 Å². The molecule has 1 atom stereocenters. The van der Waals surface area contributed by atoms with Crippen LogP contribution in [0.15, 0.2) is 46.9 Å². The zero-order valence-corrected chi connectivity index (χ0v) is 18.7. The summed E-state index contributed by atoms with van der Waals surface area (Å²) in [7, 11) is 0. The number of thiocarbonyl (C=S) groups is 1. The summed E-state index contributed by atoms with van der Waals surface area (Å²) >= 11 is 9.01. The molecule has 27 heavy (non-hydrogen) atoms. The number of nitrogens with zero attached hydrogens (tertiary/aromatic N) is 1. The number of rotatable bonds is 4. The lowest BCUT2D eigenvalue weighted by molar-refractivity contribution is 0.438. The molecule has 3 rings (SSSR count). The van der Waals surface area contributed by atoms with Gasteiger partial charge in [-0.25, -0.2) is 0 Å². The third-order valence-corrected chi connectivity index (χ3v) is 6.41. The van der Waals surface area contributed by atoms with Crippen LogP contribution in [-0.2, 0) is 0 Å². The summed E-state index contributed by atoms with van der Waals surface area (Å²) in [5, 5.41) is 7.28. The smallest absolute Gasteiger partial charge is 0.171 e. The number of nitrogens with one attached hydrogen (secondary N) is 2. The van der Waals surface area contributed by atoms with E-state index in [2.05, 4.69) is 82.6 Å². The Morgan fingerprint density at radius 1 is 1.15 bits per heavy atom. The molecular formula is C22H28BrN3S. The molecule has 2 aromatic rings. The topological polar surface area (TPSA) is 27.3 Å². The summed E-state index contributed by atoms with van der Waals surface area (Å²) in [6.45, 7) is 8.88. The molecule has 1 unspecified atom stereocenters. The zero-order valence-electron chi connectivity index (χ0n) is 16.3. The van der Waals surface area contributed by atoms with E-state index in [0.29, 0.717) is 5.11 Å². The van der Waals surface area contributed by atoms with E-state index in [0.717, 1.165) is 29.2 Å². The molecular weight excluding hydrogens is 418 g/mol. The average molecular weight is 446 g/mol. The molecule has 1 fully saturated rings. The molecule has 144 valence electrons. The molecule has 5 heteroatoms. The van der Waals surface area contributed by atoms with Crippen LogP contribution in [0.5, 0.6) is 0 Å². The van der Waals surface area contributed by atoms with Crippen molar-refractivity contribution in [3.05, 3.63) is 58.1 Å². The maximum absolute atomic E-state index is 5.49. The standard InChI is InChI=1S/C22H28BrN3S/c1-15-10-12-26(13-11-15)20-7-4-18(5-8-20)17(3)24-22(27)25-19-6-9-21(23)16(2)14-19/h4-9,14-15,17H,10-13H2,1-3H3,(H2,24,25,27). The highest BCUT2D eigenvalue weighted by Gasteiger charge is 2.16. The van der Waals surface area contributed by atoms with Crippen LogP contribution in [0.4, 0.5) is 11.4 Å². The van der Waals surface area contributed by atoms with Crippen molar-refractivity contribution < 1.29 is 0 Å².